The fourth-order valence-electron chi connectivity index (χ4n) is 5.11. The topological polar surface area (TPSA) is 38.8 Å². The van der Waals surface area contributed by atoms with Gasteiger partial charge in [0.15, 0.2) is 0 Å². The molecule has 0 aliphatic carbocycles. The average Bonchev–Trinajstić information content (AvgIpc) is 2.89. The lowest BCUT2D eigenvalue weighted by Gasteiger charge is -2.39. The van der Waals surface area contributed by atoms with Gasteiger partial charge in [0.25, 0.3) is 0 Å². The van der Waals surface area contributed by atoms with Crippen LogP contribution in [0.2, 0.25) is 0 Å². The number of halogens is 6. The smallest absolute Gasteiger partial charge is 0.381 e. The molecule has 0 bridgehead atoms. The first-order valence-corrected chi connectivity index (χ1v) is 13.7. The van der Waals surface area contributed by atoms with Gasteiger partial charge in [-0.15, -0.1) is 0 Å². The molecule has 39 heavy (non-hydrogen) atoms. The highest BCUT2D eigenvalue weighted by Gasteiger charge is 2.32. The van der Waals surface area contributed by atoms with E-state index in [4.69, 9.17) is 0 Å². The maximum absolute atomic E-state index is 13.2. The van der Waals surface area contributed by atoms with Crippen molar-refractivity contribution in [3.8, 4) is 0 Å². The number of hydrogen-bond donors (Lipinski definition) is 1. The molecule has 4 rings (SSSR count). The minimum Gasteiger partial charge on any atom is -0.381 e. The number of amides is 1. The first-order valence-electron chi connectivity index (χ1n) is 12.9. The van der Waals surface area contributed by atoms with Crippen LogP contribution in [-0.2, 0) is 11.0 Å². The van der Waals surface area contributed by atoms with Gasteiger partial charge in [-0.3, -0.25) is 9.69 Å². The molecule has 0 aromatic heterocycles. The third kappa shape index (κ3) is 8.44. The minimum atomic E-state index is -4.35. The average molecular weight is 575 g/mol. The molecule has 2 aliphatic rings. The number of piperazine rings is 1. The van der Waals surface area contributed by atoms with Crippen LogP contribution in [0.5, 0.6) is 0 Å². The standard InChI is InChI=1S/C27H32F6N4OS/c1-19(17-35-13-15-36(16-14-35)23-8-4-20(5-9-23)26(28,29)30)25(38)37-12-2-3-22(18-37)34-21-6-10-24(11-7-21)39-27(31,32)33/h4-11,19,22,34H,2-3,12-18H2,1H3/t19?,22-/m0/s1. The lowest BCUT2D eigenvalue weighted by molar-refractivity contribution is -0.138. The molecule has 12 heteroatoms. The third-order valence-electron chi connectivity index (χ3n) is 7.08. The highest BCUT2D eigenvalue weighted by Crippen LogP contribution is 2.37. The van der Waals surface area contributed by atoms with E-state index in [0.29, 0.717) is 45.8 Å². The van der Waals surface area contributed by atoms with E-state index in [2.05, 4.69) is 15.1 Å². The number of carbonyl (C=O) groups excluding carboxylic acids is 1. The minimum absolute atomic E-state index is 0.0169. The van der Waals surface area contributed by atoms with Gasteiger partial charge in [-0.05, 0) is 73.1 Å². The number of hydrogen-bond acceptors (Lipinski definition) is 5. The molecule has 2 aromatic rings. The summed E-state index contributed by atoms with van der Waals surface area (Å²) in [6.45, 7) is 6.49. The summed E-state index contributed by atoms with van der Waals surface area (Å²) in [4.78, 5) is 19.5. The molecule has 5 nitrogen and oxygen atoms in total. The van der Waals surface area contributed by atoms with Crippen LogP contribution < -0.4 is 10.2 Å². The lowest BCUT2D eigenvalue weighted by Crippen LogP contribution is -2.51. The van der Waals surface area contributed by atoms with Crippen LogP contribution in [0.1, 0.15) is 25.3 Å². The number of thioether (sulfide) groups is 1. The van der Waals surface area contributed by atoms with Crippen molar-refractivity contribution >= 4 is 29.0 Å². The number of alkyl halides is 6. The largest absolute Gasteiger partial charge is 0.446 e. The zero-order valence-electron chi connectivity index (χ0n) is 21.6. The summed E-state index contributed by atoms with van der Waals surface area (Å²) in [6, 6.07) is 11.4. The summed E-state index contributed by atoms with van der Waals surface area (Å²) in [7, 11) is 0. The van der Waals surface area contributed by atoms with E-state index in [-0.39, 0.29) is 34.5 Å². The molecule has 1 N–H and O–H groups in total. The second-order valence-electron chi connectivity index (χ2n) is 10.1. The Hall–Kier alpha value is -2.60. The van der Waals surface area contributed by atoms with Crippen molar-refractivity contribution < 1.29 is 31.1 Å². The SMILES string of the molecule is CC(CN1CCN(c2ccc(C(F)(F)F)cc2)CC1)C(=O)N1CCC[C@H](Nc2ccc(SC(F)(F)F)cc2)C1. The summed E-state index contributed by atoms with van der Waals surface area (Å²) in [5.74, 6) is -0.136. The van der Waals surface area contributed by atoms with Crippen molar-refractivity contribution in [2.75, 3.05) is 56.0 Å². The highest BCUT2D eigenvalue weighted by molar-refractivity contribution is 8.00. The van der Waals surface area contributed by atoms with Gasteiger partial charge >= 0.3 is 11.7 Å². The van der Waals surface area contributed by atoms with Crippen LogP contribution in [0.3, 0.4) is 0 Å². The molecule has 2 heterocycles. The maximum Gasteiger partial charge on any atom is 0.446 e. The number of piperidine rings is 1. The monoisotopic (exact) mass is 574 g/mol. The van der Waals surface area contributed by atoms with Crippen LogP contribution in [0.4, 0.5) is 37.7 Å². The van der Waals surface area contributed by atoms with Crippen molar-refractivity contribution in [1.29, 1.82) is 0 Å². The van der Waals surface area contributed by atoms with E-state index in [9.17, 15) is 31.1 Å². The molecule has 2 atom stereocenters. The number of anilines is 2. The number of nitrogens with one attached hydrogen (secondary N) is 1. The molecular formula is C27H32F6N4OS. The number of rotatable bonds is 7. The van der Waals surface area contributed by atoms with Gasteiger partial charge in [0.05, 0.1) is 5.56 Å². The predicted molar refractivity (Wildman–Crippen MR) is 141 cm³/mol. The lowest BCUT2D eigenvalue weighted by atomic mass is 10.0. The Balaban J connectivity index is 1.23. The van der Waals surface area contributed by atoms with Gasteiger partial charge in [0, 0.05) is 74.0 Å². The van der Waals surface area contributed by atoms with E-state index >= 15 is 0 Å². The van der Waals surface area contributed by atoms with Crippen LogP contribution in [-0.4, -0.2) is 73.1 Å². The molecule has 2 saturated heterocycles. The van der Waals surface area contributed by atoms with Gasteiger partial charge in [-0.2, -0.15) is 26.3 Å². The first kappa shape index (κ1) is 29.4. The Morgan fingerprint density at radius 1 is 0.949 bits per heavy atom. The summed E-state index contributed by atoms with van der Waals surface area (Å²) < 4.78 is 76.1. The van der Waals surface area contributed by atoms with Crippen molar-refractivity contribution in [2.45, 2.75) is 42.4 Å². The number of carbonyl (C=O) groups is 1. The van der Waals surface area contributed by atoms with Gasteiger partial charge in [0.2, 0.25) is 5.91 Å². The van der Waals surface area contributed by atoms with E-state index in [1.54, 1.807) is 12.1 Å². The Kier molecular flexibility index (Phi) is 9.25. The van der Waals surface area contributed by atoms with Crippen LogP contribution >= 0.6 is 11.8 Å². The van der Waals surface area contributed by atoms with Gasteiger partial charge in [-0.25, -0.2) is 0 Å². The second-order valence-corrected chi connectivity index (χ2v) is 11.2. The van der Waals surface area contributed by atoms with Gasteiger partial charge < -0.3 is 15.1 Å². The van der Waals surface area contributed by atoms with E-state index in [0.717, 1.165) is 36.3 Å². The summed E-state index contributed by atoms with van der Waals surface area (Å²) in [5, 5.41) is 3.35. The van der Waals surface area contributed by atoms with E-state index in [1.165, 1.54) is 24.3 Å². The molecule has 0 saturated carbocycles. The molecule has 2 fully saturated rings. The fourth-order valence-corrected chi connectivity index (χ4v) is 5.65. The summed E-state index contributed by atoms with van der Waals surface area (Å²) in [5.41, 5.74) is -3.51. The van der Waals surface area contributed by atoms with Crippen LogP contribution in [0.15, 0.2) is 53.4 Å². The Bertz CT molecular complexity index is 1090. The quantitative estimate of drug-likeness (QED) is 0.316. The third-order valence-corrected chi connectivity index (χ3v) is 7.82. The second kappa shape index (κ2) is 12.3. The number of likely N-dealkylation sites (tertiary alicyclic amines) is 1. The molecule has 1 amide bonds. The maximum atomic E-state index is 13.2. The molecule has 2 aliphatic heterocycles. The molecular weight excluding hydrogens is 542 g/mol. The summed E-state index contributed by atoms with van der Waals surface area (Å²) in [6.07, 6.45) is -2.65. The van der Waals surface area contributed by atoms with Crippen LogP contribution in [0, 0.1) is 5.92 Å². The van der Waals surface area contributed by atoms with Gasteiger partial charge in [0.1, 0.15) is 0 Å². The predicted octanol–water partition coefficient (Wildman–Crippen LogP) is 6.18. The Morgan fingerprint density at radius 3 is 2.18 bits per heavy atom. The Labute approximate surface area is 228 Å². The molecule has 214 valence electrons. The normalized spacial score (nSPS) is 20.1. The number of nitrogens with zero attached hydrogens (tertiary/aromatic N) is 3. The van der Waals surface area contributed by atoms with Gasteiger partial charge in [-0.1, -0.05) is 6.92 Å². The molecule has 0 spiro atoms. The fraction of sp³-hybridized carbons (Fsp3) is 0.519. The zero-order valence-corrected chi connectivity index (χ0v) is 22.4. The highest BCUT2D eigenvalue weighted by atomic mass is 32.2. The first-order chi connectivity index (χ1) is 18.4. The van der Waals surface area contributed by atoms with Crippen molar-refractivity contribution in [3.63, 3.8) is 0 Å². The molecule has 1 unspecified atom stereocenters. The van der Waals surface area contributed by atoms with E-state index < -0.39 is 17.2 Å². The number of benzene rings is 2. The Morgan fingerprint density at radius 2 is 1.59 bits per heavy atom. The van der Waals surface area contributed by atoms with E-state index in [1.807, 2.05) is 11.8 Å². The molecule has 2 aromatic carbocycles. The molecule has 0 radical (unpaired) electrons. The van der Waals surface area contributed by atoms with Crippen molar-refractivity contribution in [2.24, 2.45) is 5.92 Å². The zero-order chi connectivity index (χ0) is 28.2. The van der Waals surface area contributed by atoms with Crippen molar-refractivity contribution in [3.05, 3.63) is 54.1 Å². The van der Waals surface area contributed by atoms with Crippen LogP contribution in [0.25, 0.3) is 0 Å². The van der Waals surface area contributed by atoms with Crippen molar-refractivity contribution in [1.82, 2.24) is 9.80 Å². The summed E-state index contributed by atoms with van der Waals surface area (Å²) >= 11 is -0.147.